The van der Waals surface area contributed by atoms with Crippen LogP contribution in [-0.2, 0) is 0 Å². The average molecular weight is 231 g/mol. The monoisotopic (exact) mass is 231 g/mol. The summed E-state index contributed by atoms with van der Waals surface area (Å²) in [6.45, 7) is 12.5. The fourth-order valence-corrected chi connectivity index (χ4v) is 1.72. The van der Waals surface area contributed by atoms with Gasteiger partial charge in [0.15, 0.2) is 0 Å². The van der Waals surface area contributed by atoms with Crippen LogP contribution >= 0.6 is 0 Å². The van der Waals surface area contributed by atoms with Gasteiger partial charge >= 0.3 is 0 Å². The summed E-state index contributed by atoms with van der Waals surface area (Å²) in [5, 5.41) is 0. The van der Waals surface area contributed by atoms with Crippen LogP contribution in [0.5, 0.6) is 0 Å². The second-order valence-corrected chi connectivity index (χ2v) is 4.85. The summed E-state index contributed by atoms with van der Waals surface area (Å²) in [6.07, 6.45) is 0. The van der Waals surface area contributed by atoms with E-state index in [1.807, 2.05) is 56.9 Å². The number of amides is 1. The molecule has 0 fully saturated rings. The van der Waals surface area contributed by atoms with E-state index in [9.17, 15) is 4.79 Å². The Bertz CT molecular complexity index is 421. The Morgan fingerprint density at radius 1 is 1.41 bits per heavy atom. The fraction of sp³-hybridized carbons (Fsp3) is 0.400. The van der Waals surface area contributed by atoms with Crippen molar-refractivity contribution in [3.05, 3.63) is 47.5 Å². The third-order valence-electron chi connectivity index (χ3n) is 2.59. The number of hydrogen-bond donors (Lipinski definition) is 0. The van der Waals surface area contributed by atoms with Crippen LogP contribution in [0.4, 0.5) is 0 Å². The summed E-state index contributed by atoms with van der Waals surface area (Å²) in [5.41, 5.74) is 2.86. The van der Waals surface area contributed by atoms with Gasteiger partial charge in [-0.1, -0.05) is 29.8 Å². The van der Waals surface area contributed by atoms with E-state index in [2.05, 4.69) is 6.58 Å². The Kier molecular flexibility index (Phi) is 4.50. The molecule has 1 rings (SSSR count). The summed E-state index contributed by atoms with van der Waals surface area (Å²) < 4.78 is 0. The van der Waals surface area contributed by atoms with Crippen molar-refractivity contribution in [1.82, 2.24) is 4.90 Å². The summed E-state index contributed by atoms with van der Waals surface area (Å²) in [4.78, 5) is 14.2. The highest BCUT2D eigenvalue weighted by Gasteiger charge is 2.18. The van der Waals surface area contributed by atoms with Crippen LogP contribution in [0.25, 0.3) is 0 Å². The Hall–Kier alpha value is -1.57. The average Bonchev–Trinajstić information content (AvgIpc) is 2.24. The molecule has 0 N–H and O–H groups in total. The molecule has 0 aliphatic carbocycles. The zero-order chi connectivity index (χ0) is 13.0. The number of carbonyl (C=O) groups excluding carboxylic acids is 1. The van der Waals surface area contributed by atoms with Gasteiger partial charge in [-0.25, -0.2) is 0 Å². The molecule has 2 heteroatoms. The molecule has 0 heterocycles. The third-order valence-corrected chi connectivity index (χ3v) is 2.59. The van der Waals surface area contributed by atoms with Crippen LogP contribution in [-0.4, -0.2) is 23.4 Å². The van der Waals surface area contributed by atoms with Gasteiger partial charge in [-0.15, -0.1) is 0 Å². The van der Waals surface area contributed by atoms with Gasteiger partial charge < -0.3 is 4.90 Å². The van der Waals surface area contributed by atoms with E-state index in [-0.39, 0.29) is 11.9 Å². The zero-order valence-electron chi connectivity index (χ0n) is 11.2. The Balaban J connectivity index is 2.95. The van der Waals surface area contributed by atoms with Gasteiger partial charge in [0.05, 0.1) is 0 Å². The third kappa shape index (κ3) is 3.74. The second-order valence-electron chi connectivity index (χ2n) is 4.85. The number of hydrogen-bond acceptors (Lipinski definition) is 1. The molecular weight excluding hydrogens is 210 g/mol. The normalized spacial score (nSPS) is 10.4. The maximum absolute atomic E-state index is 12.4. The fourth-order valence-electron chi connectivity index (χ4n) is 1.72. The molecule has 0 aliphatic rings. The van der Waals surface area contributed by atoms with Crippen molar-refractivity contribution in [2.75, 3.05) is 6.54 Å². The first kappa shape index (κ1) is 13.5. The second kappa shape index (κ2) is 5.67. The molecule has 1 amide bonds. The van der Waals surface area contributed by atoms with Gasteiger partial charge in [-0.05, 0) is 39.8 Å². The van der Waals surface area contributed by atoms with Crippen molar-refractivity contribution in [1.29, 1.82) is 0 Å². The van der Waals surface area contributed by atoms with Crippen LogP contribution < -0.4 is 0 Å². The lowest BCUT2D eigenvalue weighted by atomic mass is 10.1. The lowest BCUT2D eigenvalue weighted by molar-refractivity contribution is 0.0724. The molecule has 1 aromatic rings. The Morgan fingerprint density at radius 3 is 2.53 bits per heavy atom. The van der Waals surface area contributed by atoms with Crippen LogP contribution in [0.15, 0.2) is 36.4 Å². The minimum atomic E-state index is 0.0756. The molecule has 0 spiro atoms. The molecular formula is C15H21NO. The molecule has 0 saturated heterocycles. The Labute approximate surface area is 104 Å². The molecule has 0 radical (unpaired) electrons. The van der Waals surface area contributed by atoms with Crippen molar-refractivity contribution >= 4 is 5.91 Å². The van der Waals surface area contributed by atoms with Gasteiger partial charge in [0.2, 0.25) is 0 Å². The van der Waals surface area contributed by atoms with Crippen LogP contribution in [0.2, 0.25) is 0 Å². The summed E-state index contributed by atoms with van der Waals surface area (Å²) >= 11 is 0. The standard InChI is InChI=1S/C15H21NO/c1-11(2)10-16(12(3)4)15(17)14-8-6-7-13(5)9-14/h6-9,12H,1,10H2,2-5H3. The van der Waals surface area contributed by atoms with E-state index >= 15 is 0 Å². The first-order chi connectivity index (χ1) is 7.91. The molecule has 0 atom stereocenters. The largest absolute Gasteiger partial charge is 0.332 e. The minimum Gasteiger partial charge on any atom is -0.332 e. The molecule has 17 heavy (non-hydrogen) atoms. The molecule has 0 unspecified atom stereocenters. The summed E-state index contributed by atoms with van der Waals surface area (Å²) in [7, 11) is 0. The highest BCUT2D eigenvalue weighted by molar-refractivity contribution is 5.94. The molecule has 1 aromatic carbocycles. The maximum Gasteiger partial charge on any atom is 0.254 e. The molecule has 2 nitrogen and oxygen atoms in total. The van der Waals surface area contributed by atoms with Gasteiger partial charge in [0.1, 0.15) is 0 Å². The number of benzene rings is 1. The SMILES string of the molecule is C=C(C)CN(C(=O)c1cccc(C)c1)C(C)C. The smallest absolute Gasteiger partial charge is 0.254 e. The van der Waals surface area contributed by atoms with Gasteiger partial charge in [0.25, 0.3) is 5.91 Å². The van der Waals surface area contributed by atoms with E-state index in [1.54, 1.807) is 0 Å². The maximum atomic E-state index is 12.4. The van der Waals surface area contributed by atoms with Crippen molar-refractivity contribution in [2.45, 2.75) is 33.7 Å². The number of nitrogens with zero attached hydrogens (tertiary/aromatic N) is 1. The number of aryl methyl sites for hydroxylation is 1. The van der Waals surface area contributed by atoms with Crippen LogP contribution in [0.3, 0.4) is 0 Å². The molecule has 0 aliphatic heterocycles. The molecule has 92 valence electrons. The molecule has 0 aromatic heterocycles. The van der Waals surface area contributed by atoms with Crippen LogP contribution in [0.1, 0.15) is 36.7 Å². The van der Waals surface area contributed by atoms with E-state index in [0.29, 0.717) is 6.54 Å². The van der Waals surface area contributed by atoms with Gasteiger partial charge in [0, 0.05) is 18.2 Å². The van der Waals surface area contributed by atoms with E-state index in [1.165, 1.54) is 0 Å². The van der Waals surface area contributed by atoms with Crippen molar-refractivity contribution in [3.8, 4) is 0 Å². The van der Waals surface area contributed by atoms with Crippen molar-refractivity contribution in [3.63, 3.8) is 0 Å². The minimum absolute atomic E-state index is 0.0756. The lowest BCUT2D eigenvalue weighted by Crippen LogP contribution is -2.38. The lowest BCUT2D eigenvalue weighted by Gasteiger charge is -2.27. The Morgan fingerprint density at radius 2 is 2.06 bits per heavy atom. The molecule has 0 saturated carbocycles. The number of rotatable bonds is 4. The van der Waals surface area contributed by atoms with Crippen molar-refractivity contribution < 1.29 is 4.79 Å². The van der Waals surface area contributed by atoms with Gasteiger partial charge in [-0.2, -0.15) is 0 Å². The first-order valence-electron chi connectivity index (χ1n) is 5.94. The van der Waals surface area contributed by atoms with Crippen LogP contribution in [0, 0.1) is 6.92 Å². The highest BCUT2D eigenvalue weighted by atomic mass is 16.2. The van der Waals surface area contributed by atoms with E-state index in [0.717, 1.165) is 16.7 Å². The van der Waals surface area contributed by atoms with E-state index < -0.39 is 0 Å². The van der Waals surface area contributed by atoms with Gasteiger partial charge in [-0.3, -0.25) is 4.79 Å². The first-order valence-corrected chi connectivity index (χ1v) is 5.94. The quantitative estimate of drug-likeness (QED) is 0.727. The zero-order valence-corrected chi connectivity index (χ0v) is 11.2. The summed E-state index contributed by atoms with van der Waals surface area (Å²) in [5.74, 6) is 0.0756. The predicted octanol–water partition coefficient (Wildman–Crippen LogP) is 3.42. The highest BCUT2D eigenvalue weighted by Crippen LogP contribution is 2.11. The van der Waals surface area contributed by atoms with Crippen molar-refractivity contribution in [2.24, 2.45) is 0 Å². The van der Waals surface area contributed by atoms with E-state index in [4.69, 9.17) is 0 Å². The summed E-state index contributed by atoms with van der Waals surface area (Å²) in [6, 6.07) is 7.89. The predicted molar refractivity (Wildman–Crippen MR) is 72.2 cm³/mol. The topological polar surface area (TPSA) is 20.3 Å². The molecule has 0 bridgehead atoms. The number of carbonyl (C=O) groups is 1.